The minimum absolute atomic E-state index is 0.658. The van der Waals surface area contributed by atoms with Crippen LogP contribution < -0.4 is 10.6 Å². The maximum absolute atomic E-state index is 6.12. The summed E-state index contributed by atoms with van der Waals surface area (Å²) in [5, 5.41) is 7.88. The van der Waals surface area contributed by atoms with Gasteiger partial charge in [0.05, 0.1) is 0 Å². The van der Waals surface area contributed by atoms with E-state index in [1.807, 2.05) is 25.1 Å². The molecule has 0 aliphatic carbocycles. The summed E-state index contributed by atoms with van der Waals surface area (Å²) in [6.07, 6.45) is 2.47. The molecular formula is C18H28ClN3S. The van der Waals surface area contributed by atoms with Gasteiger partial charge in [0, 0.05) is 30.3 Å². The number of halogens is 1. The first-order chi connectivity index (χ1) is 10.9. The Hall–Kier alpha value is -0.840. The monoisotopic (exact) mass is 353 g/mol. The van der Waals surface area contributed by atoms with Gasteiger partial charge in [0.25, 0.3) is 0 Å². The van der Waals surface area contributed by atoms with Gasteiger partial charge in [-0.25, -0.2) is 0 Å². The van der Waals surface area contributed by atoms with Crippen molar-refractivity contribution in [1.82, 2.24) is 10.2 Å². The molecule has 2 rings (SSSR count). The molecule has 1 heterocycles. The van der Waals surface area contributed by atoms with Gasteiger partial charge in [-0.3, -0.25) is 0 Å². The van der Waals surface area contributed by atoms with Crippen LogP contribution in [0.5, 0.6) is 0 Å². The molecule has 0 amide bonds. The Morgan fingerprint density at radius 2 is 2.00 bits per heavy atom. The third kappa shape index (κ3) is 6.28. The second kappa shape index (κ2) is 8.86. The van der Waals surface area contributed by atoms with E-state index in [1.54, 1.807) is 0 Å². The normalized spacial score (nSPS) is 21.9. The molecule has 1 fully saturated rings. The van der Waals surface area contributed by atoms with E-state index < -0.39 is 0 Å². The summed E-state index contributed by atoms with van der Waals surface area (Å²) in [5.41, 5.74) is 2.00. The van der Waals surface area contributed by atoms with E-state index in [4.69, 9.17) is 23.8 Å². The zero-order valence-corrected chi connectivity index (χ0v) is 15.9. The fourth-order valence-electron chi connectivity index (χ4n) is 3.33. The molecule has 23 heavy (non-hydrogen) atoms. The van der Waals surface area contributed by atoms with Gasteiger partial charge >= 0.3 is 0 Å². The van der Waals surface area contributed by atoms with Crippen molar-refractivity contribution in [2.45, 2.75) is 33.6 Å². The average molecular weight is 354 g/mol. The molecule has 2 atom stereocenters. The molecule has 1 aromatic rings. The van der Waals surface area contributed by atoms with Crippen LogP contribution in [0.2, 0.25) is 5.02 Å². The van der Waals surface area contributed by atoms with Gasteiger partial charge in [-0.2, -0.15) is 0 Å². The van der Waals surface area contributed by atoms with Crippen molar-refractivity contribution in [2.24, 2.45) is 11.8 Å². The molecule has 1 aliphatic heterocycles. The maximum Gasteiger partial charge on any atom is 0.170 e. The molecule has 0 spiro atoms. The molecule has 1 aromatic carbocycles. The van der Waals surface area contributed by atoms with E-state index in [1.165, 1.54) is 19.5 Å². The lowest BCUT2D eigenvalue weighted by atomic mass is 9.92. The molecule has 1 saturated heterocycles. The van der Waals surface area contributed by atoms with E-state index >= 15 is 0 Å². The van der Waals surface area contributed by atoms with Gasteiger partial charge in [0.1, 0.15) is 0 Å². The van der Waals surface area contributed by atoms with E-state index in [-0.39, 0.29) is 0 Å². The molecule has 0 saturated carbocycles. The zero-order valence-electron chi connectivity index (χ0n) is 14.4. The Bertz CT molecular complexity index is 525. The highest BCUT2D eigenvalue weighted by Gasteiger charge is 2.20. The number of anilines is 1. The summed E-state index contributed by atoms with van der Waals surface area (Å²) in [6.45, 7) is 11.2. The standard InChI is InChI=1S/C18H28ClN3S/c1-13-9-14(2)12-22(11-13)8-4-7-20-18(23)21-16-6-5-15(3)17(19)10-16/h5-6,10,13-14H,4,7-9,11-12H2,1-3H3,(H2,20,21,23)/t13-,14-/m0/s1. The van der Waals surface area contributed by atoms with Crippen LogP contribution in [0.25, 0.3) is 0 Å². The summed E-state index contributed by atoms with van der Waals surface area (Å²) >= 11 is 11.5. The van der Waals surface area contributed by atoms with E-state index in [0.717, 1.165) is 47.6 Å². The lowest BCUT2D eigenvalue weighted by molar-refractivity contribution is 0.140. The Balaban J connectivity index is 1.65. The molecule has 2 N–H and O–H groups in total. The molecule has 0 radical (unpaired) electrons. The molecule has 3 nitrogen and oxygen atoms in total. The lowest BCUT2D eigenvalue weighted by Gasteiger charge is -2.35. The third-order valence-corrected chi connectivity index (χ3v) is 4.96. The fraction of sp³-hybridized carbons (Fsp3) is 0.611. The van der Waals surface area contributed by atoms with Gasteiger partial charge in [0.15, 0.2) is 5.11 Å². The molecule has 128 valence electrons. The quantitative estimate of drug-likeness (QED) is 0.609. The zero-order chi connectivity index (χ0) is 16.8. The van der Waals surface area contributed by atoms with Crippen LogP contribution in [0, 0.1) is 18.8 Å². The third-order valence-electron chi connectivity index (χ3n) is 4.31. The first kappa shape index (κ1) is 18.5. The SMILES string of the molecule is Cc1ccc(NC(=S)NCCCN2C[C@@H](C)C[C@H](C)C2)cc1Cl. The molecule has 5 heteroatoms. The smallest absolute Gasteiger partial charge is 0.170 e. The highest BCUT2D eigenvalue weighted by molar-refractivity contribution is 7.80. The van der Waals surface area contributed by atoms with E-state index in [0.29, 0.717) is 5.11 Å². The first-order valence-corrected chi connectivity index (χ1v) is 9.26. The van der Waals surface area contributed by atoms with Crippen LogP contribution in [0.4, 0.5) is 5.69 Å². The highest BCUT2D eigenvalue weighted by atomic mass is 35.5. The Morgan fingerprint density at radius 1 is 1.30 bits per heavy atom. The van der Waals surface area contributed by atoms with E-state index in [9.17, 15) is 0 Å². The number of hydrogen-bond donors (Lipinski definition) is 2. The Morgan fingerprint density at radius 3 is 2.65 bits per heavy atom. The van der Waals surface area contributed by atoms with Crippen molar-refractivity contribution in [3.05, 3.63) is 28.8 Å². The summed E-state index contributed by atoms with van der Waals surface area (Å²) in [4.78, 5) is 2.58. The molecular weight excluding hydrogens is 326 g/mol. The van der Waals surface area contributed by atoms with Crippen molar-refractivity contribution >= 4 is 34.6 Å². The topological polar surface area (TPSA) is 27.3 Å². The Kier molecular flexibility index (Phi) is 7.12. The predicted molar refractivity (Wildman–Crippen MR) is 104 cm³/mol. The summed E-state index contributed by atoms with van der Waals surface area (Å²) in [5.74, 6) is 1.64. The second-order valence-electron chi connectivity index (χ2n) is 6.90. The number of piperidine rings is 1. The molecule has 0 unspecified atom stereocenters. The number of benzene rings is 1. The highest BCUT2D eigenvalue weighted by Crippen LogP contribution is 2.21. The number of nitrogens with one attached hydrogen (secondary N) is 2. The number of thiocarbonyl (C=S) groups is 1. The van der Waals surface area contributed by atoms with Crippen LogP contribution in [0.1, 0.15) is 32.3 Å². The van der Waals surface area contributed by atoms with Crippen LogP contribution in [-0.4, -0.2) is 36.2 Å². The van der Waals surface area contributed by atoms with Crippen molar-refractivity contribution in [3.8, 4) is 0 Å². The second-order valence-corrected chi connectivity index (χ2v) is 7.72. The number of hydrogen-bond acceptors (Lipinski definition) is 2. The van der Waals surface area contributed by atoms with Gasteiger partial charge in [-0.15, -0.1) is 0 Å². The van der Waals surface area contributed by atoms with Gasteiger partial charge < -0.3 is 15.5 Å². The van der Waals surface area contributed by atoms with Crippen molar-refractivity contribution in [2.75, 3.05) is 31.5 Å². The van der Waals surface area contributed by atoms with Gasteiger partial charge in [-0.05, 0) is 68.1 Å². The summed E-state index contributed by atoms with van der Waals surface area (Å²) in [6, 6.07) is 5.89. The van der Waals surface area contributed by atoms with Gasteiger partial charge in [0.2, 0.25) is 0 Å². The predicted octanol–water partition coefficient (Wildman–Crippen LogP) is 4.30. The molecule has 1 aliphatic rings. The number of likely N-dealkylation sites (tertiary alicyclic amines) is 1. The minimum atomic E-state index is 0.658. The van der Waals surface area contributed by atoms with Crippen LogP contribution in [-0.2, 0) is 0 Å². The summed E-state index contributed by atoms with van der Waals surface area (Å²) < 4.78 is 0. The minimum Gasteiger partial charge on any atom is -0.362 e. The summed E-state index contributed by atoms with van der Waals surface area (Å²) in [7, 11) is 0. The molecule has 0 aromatic heterocycles. The van der Waals surface area contributed by atoms with Crippen LogP contribution >= 0.6 is 23.8 Å². The largest absolute Gasteiger partial charge is 0.362 e. The van der Waals surface area contributed by atoms with Crippen LogP contribution in [0.15, 0.2) is 18.2 Å². The first-order valence-electron chi connectivity index (χ1n) is 8.47. The number of rotatable bonds is 5. The molecule has 0 bridgehead atoms. The van der Waals surface area contributed by atoms with Crippen molar-refractivity contribution in [3.63, 3.8) is 0 Å². The fourth-order valence-corrected chi connectivity index (χ4v) is 3.73. The lowest BCUT2D eigenvalue weighted by Crippen LogP contribution is -2.40. The van der Waals surface area contributed by atoms with Gasteiger partial charge in [-0.1, -0.05) is 31.5 Å². The van der Waals surface area contributed by atoms with Crippen molar-refractivity contribution < 1.29 is 0 Å². The van der Waals surface area contributed by atoms with Crippen LogP contribution in [0.3, 0.4) is 0 Å². The maximum atomic E-state index is 6.12. The number of aryl methyl sites for hydroxylation is 1. The van der Waals surface area contributed by atoms with E-state index in [2.05, 4.69) is 29.4 Å². The number of nitrogens with zero attached hydrogens (tertiary/aromatic N) is 1. The average Bonchev–Trinajstić information content (AvgIpc) is 2.46. The Labute approximate surface area is 150 Å². The van der Waals surface area contributed by atoms with Crippen molar-refractivity contribution in [1.29, 1.82) is 0 Å².